The molecule has 1 amide bonds. The van der Waals surface area contributed by atoms with Crippen molar-refractivity contribution in [2.75, 3.05) is 6.54 Å². The van der Waals surface area contributed by atoms with Crippen LogP contribution < -0.4 is 5.32 Å². The first-order valence-corrected chi connectivity index (χ1v) is 11.3. The Kier molecular flexibility index (Phi) is 8.08. The normalized spacial score (nSPS) is 14.1. The van der Waals surface area contributed by atoms with Gasteiger partial charge in [-0.3, -0.25) is 9.59 Å². The van der Waals surface area contributed by atoms with Gasteiger partial charge in [0.15, 0.2) is 0 Å². The molecular formula is C24H31N3O6. The fourth-order valence-corrected chi connectivity index (χ4v) is 3.87. The molecule has 1 aliphatic heterocycles. The molecule has 9 heteroatoms. The molecule has 33 heavy (non-hydrogen) atoms. The first-order valence-electron chi connectivity index (χ1n) is 11.3. The Morgan fingerprint density at radius 1 is 1.15 bits per heavy atom. The van der Waals surface area contributed by atoms with Crippen molar-refractivity contribution in [2.24, 2.45) is 11.8 Å². The third-order valence-electron chi connectivity index (χ3n) is 5.65. The summed E-state index contributed by atoms with van der Waals surface area (Å²) in [6.45, 7) is 5.09. The third kappa shape index (κ3) is 6.34. The molecule has 0 saturated heterocycles. The van der Waals surface area contributed by atoms with Crippen LogP contribution in [0.25, 0.3) is 5.69 Å². The van der Waals surface area contributed by atoms with Crippen molar-refractivity contribution >= 4 is 18.0 Å². The Hall–Kier alpha value is -3.36. The number of hydrogen-bond acceptors (Lipinski definition) is 6. The second-order valence-corrected chi connectivity index (χ2v) is 8.51. The van der Waals surface area contributed by atoms with Crippen LogP contribution in [0, 0.1) is 11.8 Å². The summed E-state index contributed by atoms with van der Waals surface area (Å²) in [7, 11) is 0. The predicted octanol–water partition coefficient (Wildman–Crippen LogP) is 3.27. The number of aromatic nitrogens is 2. The van der Waals surface area contributed by atoms with Crippen molar-refractivity contribution < 1.29 is 29.0 Å². The lowest BCUT2D eigenvalue weighted by Crippen LogP contribution is -2.32. The Balaban J connectivity index is 1.48. The number of hydrogen-bond donors (Lipinski definition) is 2. The minimum absolute atomic E-state index is 0.252. The quantitative estimate of drug-likeness (QED) is 0.319. The van der Waals surface area contributed by atoms with Crippen molar-refractivity contribution in [3.8, 4) is 5.69 Å². The molecule has 0 radical (unpaired) electrons. The van der Waals surface area contributed by atoms with E-state index in [0.29, 0.717) is 19.3 Å². The number of carboxylic acids is 1. The van der Waals surface area contributed by atoms with E-state index in [0.717, 1.165) is 29.9 Å². The monoisotopic (exact) mass is 457 g/mol. The van der Waals surface area contributed by atoms with Gasteiger partial charge in [-0.05, 0) is 37.3 Å². The highest BCUT2D eigenvalue weighted by atomic mass is 16.7. The van der Waals surface area contributed by atoms with Gasteiger partial charge in [0, 0.05) is 31.3 Å². The number of ether oxygens (including phenoxy) is 2. The Labute approximate surface area is 193 Å². The molecule has 2 heterocycles. The topological polar surface area (TPSA) is 120 Å². The van der Waals surface area contributed by atoms with Gasteiger partial charge < -0.3 is 24.5 Å². The Bertz CT molecular complexity index is 1000. The number of carbonyl (C=O) groups is 3. The number of esters is 1. The van der Waals surface area contributed by atoms with Gasteiger partial charge in [0.25, 0.3) is 0 Å². The summed E-state index contributed by atoms with van der Waals surface area (Å²) in [5.74, 6) is -2.26. The molecule has 0 saturated carbocycles. The van der Waals surface area contributed by atoms with E-state index in [-0.39, 0.29) is 12.5 Å². The number of alkyl carbamates (subject to hydrolysis) is 1. The van der Waals surface area contributed by atoms with Gasteiger partial charge in [-0.25, -0.2) is 9.78 Å². The van der Waals surface area contributed by atoms with Crippen molar-refractivity contribution in [1.29, 1.82) is 0 Å². The van der Waals surface area contributed by atoms with Gasteiger partial charge in [-0.1, -0.05) is 32.0 Å². The summed E-state index contributed by atoms with van der Waals surface area (Å²) >= 11 is 0. The van der Waals surface area contributed by atoms with E-state index in [4.69, 9.17) is 9.47 Å². The number of para-hydroxylation sites is 1. The predicted molar refractivity (Wildman–Crippen MR) is 120 cm³/mol. The van der Waals surface area contributed by atoms with Gasteiger partial charge in [0.1, 0.15) is 0 Å². The minimum Gasteiger partial charge on any atom is -0.481 e. The van der Waals surface area contributed by atoms with E-state index in [1.54, 1.807) is 20.2 Å². The number of nitrogens with zero attached hydrogens (tertiary/aromatic N) is 2. The fraction of sp³-hybridized carbons (Fsp3) is 0.500. The summed E-state index contributed by atoms with van der Waals surface area (Å²) < 4.78 is 12.0. The summed E-state index contributed by atoms with van der Waals surface area (Å²) in [5.41, 5.74) is 4.23. The lowest BCUT2D eigenvalue weighted by Gasteiger charge is -2.20. The number of aliphatic carboxylic acids is 1. The maximum atomic E-state index is 11.8. The highest BCUT2D eigenvalue weighted by Crippen LogP contribution is 2.28. The van der Waals surface area contributed by atoms with Crippen LogP contribution in [0.3, 0.4) is 0 Å². The maximum Gasteiger partial charge on any atom is 0.410 e. The van der Waals surface area contributed by atoms with Crippen LogP contribution in [0.5, 0.6) is 0 Å². The van der Waals surface area contributed by atoms with Crippen LogP contribution in [0.1, 0.15) is 50.6 Å². The molecule has 2 atom stereocenters. The molecule has 2 aromatic rings. The summed E-state index contributed by atoms with van der Waals surface area (Å²) in [5, 5.41) is 12.3. The third-order valence-corrected chi connectivity index (χ3v) is 5.65. The molecule has 9 nitrogen and oxygen atoms in total. The molecule has 0 spiro atoms. The molecule has 0 bridgehead atoms. The lowest BCUT2D eigenvalue weighted by atomic mass is 9.94. The van der Waals surface area contributed by atoms with Crippen LogP contribution in [0.15, 0.2) is 30.6 Å². The molecule has 1 unspecified atom stereocenters. The van der Waals surface area contributed by atoms with Crippen molar-refractivity contribution in [1.82, 2.24) is 14.9 Å². The number of nitrogens with one attached hydrogen (secondary N) is 1. The number of rotatable bonds is 10. The molecule has 0 fully saturated rings. The van der Waals surface area contributed by atoms with Crippen LogP contribution >= 0.6 is 0 Å². The summed E-state index contributed by atoms with van der Waals surface area (Å²) in [6.07, 6.45) is 2.98. The van der Waals surface area contributed by atoms with Crippen LogP contribution in [0.4, 0.5) is 4.79 Å². The van der Waals surface area contributed by atoms with E-state index in [2.05, 4.69) is 20.9 Å². The molecule has 3 rings (SSSR count). The maximum absolute atomic E-state index is 11.8. The zero-order valence-electron chi connectivity index (χ0n) is 19.2. The number of amides is 1. The number of benzene rings is 1. The Morgan fingerprint density at radius 2 is 1.91 bits per heavy atom. The van der Waals surface area contributed by atoms with Gasteiger partial charge in [-0.15, -0.1) is 0 Å². The van der Waals surface area contributed by atoms with Gasteiger partial charge >= 0.3 is 18.0 Å². The van der Waals surface area contributed by atoms with Crippen molar-refractivity contribution in [3.63, 3.8) is 0 Å². The van der Waals surface area contributed by atoms with Crippen LogP contribution in [0.2, 0.25) is 0 Å². The Morgan fingerprint density at radius 3 is 2.64 bits per heavy atom. The van der Waals surface area contributed by atoms with Gasteiger partial charge in [0.05, 0.1) is 23.9 Å². The van der Waals surface area contributed by atoms with Gasteiger partial charge in [0.2, 0.25) is 6.29 Å². The first kappa shape index (κ1) is 24.3. The van der Waals surface area contributed by atoms with E-state index in [1.165, 1.54) is 12.5 Å². The lowest BCUT2D eigenvalue weighted by molar-refractivity contribution is -0.168. The average Bonchev–Trinajstić information content (AvgIpc) is 3.18. The minimum atomic E-state index is -0.996. The number of imidazole rings is 1. The highest BCUT2D eigenvalue weighted by Gasteiger charge is 2.25. The van der Waals surface area contributed by atoms with Crippen LogP contribution in [-0.4, -0.2) is 45.5 Å². The highest BCUT2D eigenvalue weighted by molar-refractivity contribution is 5.72. The number of fused-ring (bicyclic) bond motifs is 3. The second-order valence-electron chi connectivity index (χ2n) is 8.51. The van der Waals surface area contributed by atoms with E-state index >= 15 is 0 Å². The van der Waals surface area contributed by atoms with E-state index in [9.17, 15) is 19.5 Å². The molecule has 0 aliphatic carbocycles. The SMILES string of the molecule is CC(OC(=O)NCCC[C@@H](Cc1ncn2c1CCc1ccccc1-2)C(=O)O)OC(=O)C(C)C. The van der Waals surface area contributed by atoms with Gasteiger partial charge in [-0.2, -0.15) is 0 Å². The zero-order valence-corrected chi connectivity index (χ0v) is 19.2. The standard InChI is InChI=1S/C24H31N3O6/c1-15(2)23(30)32-16(3)33-24(31)25-12-6-8-18(22(28)29)13-19-21-11-10-17-7-4-5-9-20(17)27(21)14-26-19/h4-5,7,9,14-16,18H,6,8,10-13H2,1-3H3,(H,25,31)(H,28,29)/t16?,18-/m0/s1. The summed E-state index contributed by atoms with van der Waals surface area (Å²) in [6, 6.07) is 8.16. The molecule has 2 N–H and O–H groups in total. The smallest absolute Gasteiger partial charge is 0.410 e. The molecular weight excluding hydrogens is 426 g/mol. The fourth-order valence-electron chi connectivity index (χ4n) is 3.87. The van der Waals surface area contributed by atoms with Crippen molar-refractivity contribution in [2.45, 2.75) is 59.2 Å². The average molecular weight is 458 g/mol. The molecule has 178 valence electrons. The van der Waals surface area contributed by atoms with E-state index < -0.39 is 30.2 Å². The first-order chi connectivity index (χ1) is 15.8. The summed E-state index contributed by atoms with van der Waals surface area (Å²) in [4.78, 5) is 39.7. The molecule has 1 aromatic carbocycles. The second kappa shape index (κ2) is 11.0. The zero-order chi connectivity index (χ0) is 24.0. The van der Waals surface area contributed by atoms with Crippen molar-refractivity contribution in [3.05, 3.63) is 47.5 Å². The van der Waals surface area contributed by atoms with Crippen LogP contribution in [-0.2, 0) is 38.3 Å². The number of aryl methyl sites for hydroxylation is 1. The molecule has 1 aliphatic rings. The largest absolute Gasteiger partial charge is 0.481 e. The number of carboxylic acid groups (broad SMARTS) is 1. The molecule has 1 aromatic heterocycles. The number of carbonyl (C=O) groups excluding carboxylic acids is 2. The van der Waals surface area contributed by atoms with E-state index in [1.807, 2.05) is 18.2 Å².